The zero-order valence-corrected chi connectivity index (χ0v) is 19.7. The molecule has 0 aliphatic carbocycles. The van der Waals surface area contributed by atoms with Gasteiger partial charge < -0.3 is 10.2 Å². The zero-order chi connectivity index (χ0) is 21.8. The number of aromatic nitrogens is 1. The van der Waals surface area contributed by atoms with Crippen molar-refractivity contribution < 1.29 is 13.2 Å². The Kier molecular flexibility index (Phi) is 7.15. The van der Waals surface area contributed by atoms with Crippen molar-refractivity contribution in [2.24, 2.45) is 0 Å². The fraction of sp³-hybridized carbons (Fsp3) is 0.524. The van der Waals surface area contributed by atoms with Crippen LogP contribution in [0.5, 0.6) is 0 Å². The summed E-state index contributed by atoms with van der Waals surface area (Å²) in [6.07, 6.45) is 7.40. The van der Waals surface area contributed by atoms with Crippen LogP contribution in [0.2, 0.25) is 5.02 Å². The molecule has 10 heteroatoms. The van der Waals surface area contributed by atoms with Crippen molar-refractivity contribution >= 4 is 44.0 Å². The Hall–Kier alpha value is -1.68. The van der Waals surface area contributed by atoms with E-state index in [2.05, 4.69) is 15.2 Å². The maximum absolute atomic E-state index is 13.6. The summed E-state index contributed by atoms with van der Waals surface area (Å²) in [5.74, 6) is -0.240. The fourth-order valence-electron chi connectivity index (χ4n) is 4.06. The van der Waals surface area contributed by atoms with Gasteiger partial charge in [0.1, 0.15) is 6.04 Å². The lowest BCUT2D eigenvalue weighted by atomic mass is 10.1. The number of halogens is 1. The monoisotopic (exact) mass is 482 g/mol. The Labute approximate surface area is 192 Å². The number of benzene rings is 1. The molecule has 1 unspecified atom stereocenters. The van der Waals surface area contributed by atoms with Crippen molar-refractivity contribution in [2.45, 2.75) is 56.0 Å². The van der Waals surface area contributed by atoms with Crippen LogP contribution in [0.15, 0.2) is 35.4 Å². The largest absolute Gasteiger partial charge is 0.355 e. The molecule has 3 heterocycles. The number of carbonyl (C=O) groups is 1. The van der Waals surface area contributed by atoms with Crippen LogP contribution < -0.4 is 10.2 Å². The molecule has 0 saturated carbocycles. The number of carbonyl (C=O) groups excluding carboxylic acids is 1. The van der Waals surface area contributed by atoms with E-state index in [1.807, 2.05) is 0 Å². The first kappa shape index (κ1) is 22.5. The molecule has 0 spiro atoms. The number of sulfonamides is 1. The first-order valence-corrected chi connectivity index (χ1v) is 13.3. The molecule has 1 amide bonds. The van der Waals surface area contributed by atoms with Crippen LogP contribution in [0.1, 0.15) is 43.4 Å². The normalized spacial score (nSPS) is 20.5. The maximum Gasteiger partial charge on any atom is 0.244 e. The van der Waals surface area contributed by atoms with Gasteiger partial charge >= 0.3 is 0 Å². The molecule has 168 valence electrons. The second-order valence-corrected chi connectivity index (χ2v) is 11.4. The van der Waals surface area contributed by atoms with Gasteiger partial charge in [0.25, 0.3) is 0 Å². The molecule has 2 aromatic rings. The predicted molar refractivity (Wildman–Crippen MR) is 123 cm³/mol. The molecule has 2 aliphatic rings. The Morgan fingerprint density at radius 3 is 2.61 bits per heavy atom. The molecule has 2 fully saturated rings. The third-order valence-electron chi connectivity index (χ3n) is 5.75. The second kappa shape index (κ2) is 9.85. The molecular formula is C21H27ClN4O3S2. The highest BCUT2D eigenvalue weighted by molar-refractivity contribution is 7.89. The van der Waals surface area contributed by atoms with Gasteiger partial charge in [-0.2, -0.15) is 4.31 Å². The van der Waals surface area contributed by atoms with Gasteiger partial charge in [-0.1, -0.05) is 11.6 Å². The molecule has 1 aromatic heterocycles. The number of anilines is 1. The number of hydrogen-bond acceptors (Lipinski definition) is 6. The van der Waals surface area contributed by atoms with E-state index < -0.39 is 16.1 Å². The van der Waals surface area contributed by atoms with Gasteiger partial charge in [-0.25, -0.2) is 13.4 Å². The average molecular weight is 483 g/mol. The molecule has 0 bridgehead atoms. The summed E-state index contributed by atoms with van der Waals surface area (Å²) >= 11 is 7.47. The lowest BCUT2D eigenvalue weighted by Gasteiger charge is -2.29. The molecular weight excluding hydrogens is 456 g/mol. The predicted octanol–water partition coefficient (Wildman–Crippen LogP) is 3.65. The van der Waals surface area contributed by atoms with Gasteiger partial charge in [-0.15, -0.1) is 11.3 Å². The van der Waals surface area contributed by atoms with Crippen LogP contribution in [-0.2, 0) is 21.4 Å². The summed E-state index contributed by atoms with van der Waals surface area (Å²) in [5.41, 5.74) is 0. The quantitative estimate of drug-likeness (QED) is 0.679. The summed E-state index contributed by atoms with van der Waals surface area (Å²) in [4.78, 5) is 20.5. The Bertz CT molecular complexity index is 1000. The molecule has 4 rings (SSSR count). The van der Waals surface area contributed by atoms with Crippen molar-refractivity contribution in [1.29, 1.82) is 0 Å². The van der Waals surface area contributed by atoms with Crippen LogP contribution in [0.4, 0.5) is 5.13 Å². The molecule has 31 heavy (non-hydrogen) atoms. The Morgan fingerprint density at radius 1 is 1.13 bits per heavy atom. The smallest absolute Gasteiger partial charge is 0.244 e. The number of nitrogens with one attached hydrogen (secondary N) is 1. The minimum Gasteiger partial charge on any atom is -0.355 e. The van der Waals surface area contributed by atoms with Crippen molar-refractivity contribution in [3.8, 4) is 0 Å². The number of amides is 1. The second-order valence-electron chi connectivity index (χ2n) is 7.96. The number of piperidine rings is 1. The van der Waals surface area contributed by atoms with E-state index in [0.29, 0.717) is 18.0 Å². The zero-order valence-electron chi connectivity index (χ0n) is 17.3. The molecule has 2 saturated heterocycles. The van der Waals surface area contributed by atoms with Gasteiger partial charge in [0, 0.05) is 35.7 Å². The van der Waals surface area contributed by atoms with Gasteiger partial charge in [-0.05, 0) is 62.8 Å². The summed E-state index contributed by atoms with van der Waals surface area (Å²) < 4.78 is 28.5. The van der Waals surface area contributed by atoms with E-state index in [9.17, 15) is 13.2 Å². The highest BCUT2D eigenvalue weighted by Gasteiger charge is 2.37. The van der Waals surface area contributed by atoms with Crippen LogP contribution in [0.25, 0.3) is 0 Å². The standard InChI is InChI=1S/C21H27ClN4O3S2/c22-16-7-9-18(10-8-16)31(28,29)26(19-6-2-3-11-23-20(19)27)15-17-14-24-21(30-17)25-12-4-1-5-13-25/h7-10,14,19H,1-6,11-13,15H2,(H,23,27). The maximum atomic E-state index is 13.6. The first-order chi connectivity index (χ1) is 14.9. The Morgan fingerprint density at radius 2 is 1.87 bits per heavy atom. The van der Waals surface area contributed by atoms with Crippen LogP contribution in [-0.4, -0.2) is 49.3 Å². The van der Waals surface area contributed by atoms with E-state index in [4.69, 9.17) is 11.6 Å². The summed E-state index contributed by atoms with van der Waals surface area (Å²) in [6, 6.07) is 5.35. The SMILES string of the molecule is O=C1NCCCCC1N(Cc1cnc(N2CCCCC2)s1)S(=O)(=O)c1ccc(Cl)cc1. The topological polar surface area (TPSA) is 82.6 Å². The fourth-order valence-corrected chi connectivity index (χ4v) is 6.82. The van der Waals surface area contributed by atoms with E-state index >= 15 is 0 Å². The lowest BCUT2D eigenvalue weighted by Crippen LogP contribution is -2.48. The molecule has 1 N–H and O–H groups in total. The van der Waals surface area contributed by atoms with Gasteiger partial charge in [0.05, 0.1) is 11.4 Å². The molecule has 7 nitrogen and oxygen atoms in total. The minimum atomic E-state index is -3.90. The summed E-state index contributed by atoms with van der Waals surface area (Å²) in [6.45, 7) is 2.65. The van der Waals surface area contributed by atoms with Gasteiger partial charge in [-0.3, -0.25) is 4.79 Å². The number of thiazole rings is 1. The van der Waals surface area contributed by atoms with Crippen molar-refractivity contribution in [3.05, 3.63) is 40.4 Å². The molecule has 0 radical (unpaired) electrons. The molecule has 2 aliphatic heterocycles. The van der Waals surface area contributed by atoms with E-state index in [-0.39, 0.29) is 17.3 Å². The van der Waals surface area contributed by atoms with Crippen molar-refractivity contribution in [1.82, 2.24) is 14.6 Å². The van der Waals surface area contributed by atoms with Crippen molar-refractivity contribution in [3.63, 3.8) is 0 Å². The molecule has 1 atom stereocenters. The highest BCUT2D eigenvalue weighted by atomic mass is 35.5. The molecule has 1 aromatic carbocycles. The third kappa shape index (κ3) is 5.22. The van der Waals surface area contributed by atoms with Crippen LogP contribution in [0, 0.1) is 0 Å². The Balaban J connectivity index is 1.64. The number of rotatable bonds is 6. The van der Waals surface area contributed by atoms with E-state index in [1.165, 1.54) is 34.2 Å². The summed E-state index contributed by atoms with van der Waals surface area (Å²) in [5, 5.41) is 4.25. The average Bonchev–Trinajstić information content (AvgIpc) is 3.14. The lowest BCUT2D eigenvalue weighted by molar-refractivity contribution is -0.124. The van der Waals surface area contributed by atoms with Gasteiger partial charge in [0.15, 0.2) is 5.13 Å². The highest BCUT2D eigenvalue weighted by Crippen LogP contribution is 2.30. The van der Waals surface area contributed by atoms with E-state index in [0.717, 1.165) is 48.8 Å². The first-order valence-electron chi connectivity index (χ1n) is 10.7. The van der Waals surface area contributed by atoms with Crippen LogP contribution >= 0.6 is 22.9 Å². The number of nitrogens with zero attached hydrogens (tertiary/aromatic N) is 3. The van der Waals surface area contributed by atoms with E-state index in [1.54, 1.807) is 18.3 Å². The minimum absolute atomic E-state index is 0.120. The van der Waals surface area contributed by atoms with Crippen molar-refractivity contribution in [2.75, 3.05) is 24.5 Å². The number of hydrogen-bond donors (Lipinski definition) is 1. The summed E-state index contributed by atoms with van der Waals surface area (Å²) in [7, 11) is -3.90. The third-order valence-corrected chi connectivity index (χ3v) is 8.92. The van der Waals surface area contributed by atoms with Crippen LogP contribution in [0.3, 0.4) is 0 Å². The van der Waals surface area contributed by atoms with Gasteiger partial charge in [0.2, 0.25) is 15.9 Å².